The van der Waals surface area contributed by atoms with Gasteiger partial charge < -0.3 is 5.32 Å². The first-order valence-electron chi connectivity index (χ1n) is 7.15. The highest BCUT2D eigenvalue weighted by Gasteiger charge is 2.19. The minimum atomic E-state index is 0.135. The summed E-state index contributed by atoms with van der Waals surface area (Å²) in [7, 11) is 0. The lowest BCUT2D eigenvalue weighted by atomic mass is 9.88. The van der Waals surface area contributed by atoms with Crippen molar-refractivity contribution in [2.24, 2.45) is 0 Å². The molecule has 2 N–H and O–H groups in total. The van der Waals surface area contributed by atoms with Gasteiger partial charge in [0.1, 0.15) is 0 Å². The summed E-state index contributed by atoms with van der Waals surface area (Å²) >= 11 is 0. The first kappa shape index (κ1) is 12.9. The fourth-order valence-electron chi connectivity index (χ4n) is 2.79. The van der Waals surface area contributed by atoms with Crippen LogP contribution in [0, 0.1) is 0 Å². The number of H-pyrrole nitrogens is 1. The van der Waals surface area contributed by atoms with Crippen molar-refractivity contribution in [3.05, 3.63) is 53.3 Å². The number of benzene rings is 1. The van der Waals surface area contributed by atoms with Gasteiger partial charge in [0.25, 0.3) is 0 Å². The Labute approximate surface area is 118 Å². The molecule has 1 atom stereocenters. The molecule has 1 aliphatic rings. The molecule has 2 aromatic rings. The number of carbonyl (C=O) groups excluding carboxylic acids is 1. The molecule has 1 heterocycles. The van der Waals surface area contributed by atoms with Gasteiger partial charge in [0, 0.05) is 18.7 Å². The fourth-order valence-corrected chi connectivity index (χ4v) is 2.79. The van der Waals surface area contributed by atoms with Crippen LogP contribution in [0.3, 0.4) is 0 Å². The molecule has 0 fully saturated rings. The van der Waals surface area contributed by atoms with Crippen LogP contribution >= 0.6 is 0 Å². The zero-order chi connectivity index (χ0) is 13.8. The second-order valence-corrected chi connectivity index (χ2v) is 5.38. The predicted octanol–water partition coefficient (Wildman–Crippen LogP) is 2.02. The van der Waals surface area contributed by atoms with Crippen LogP contribution < -0.4 is 5.32 Å². The average molecular weight is 269 g/mol. The molecule has 1 aromatic heterocycles. The summed E-state index contributed by atoms with van der Waals surface area (Å²) in [5.41, 5.74) is 3.88. The van der Waals surface area contributed by atoms with Crippen molar-refractivity contribution >= 4 is 5.91 Å². The Balaban J connectivity index is 1.50. The van der Waals surface area contributed by atoms with Gasteiger partial charge in [-0.05, 0) is 42.4 Å². The third kappa shape index (κ3) is 3.07. The van der Waals surface area contributed by atoms with Gasteiger partial charge >= 0.3 is 0 Å². The number of nitrogens with one attached hydrogen (secondary N) is 2. The van der Waals surface area contributed by atoms with Crippen molar-refractivity contribution in [2.45, 2.75) is 38.1 Å². The van der Waals surface area contributed by atoms with E-state index in [1.807, 2.05) is 6.20 Å². The second kappa shape index (κ2) is 5.90. The SMILES string of the molecule is O=C(CCc1cn[nH]c1)NC1CCc2ccccc2C1. The molecule has 1 aliphatic carbocycles. The average Bonchev–Trinajstić information content (AvgIpc) is 2.98. The molecule has 0 spiro atoms. The van der Waals surface area contributed by atoms with Crippen LogP contribution in [-0.4, -0.2) is 22.1 Å². The minimum absolute atomic E-state index is 0.135. The molecule has 1 aromatic carbocycles. The zero-order valence-electron chi connectivity index (χ0n) is 11.4. The molecular weight excluding hydrogens is 250 g/mol. The Bertz CT molecular complexity index is 577. The van der Waals surface area contributed by atoms with Gasteiger partial charge in [-0.3, -0.25) is 9.89 Å². The Kier molecular flexibility index (Phi) is 3.81. The number of hydrogen-bond acceptors (Lipinski definition) is 2. The number of aromatic nitrogens is 2. The zero-order valence-corrected chi connectivity index (χ0v) is 11.4. The molecule has 4 heteroatoms. The van der Waals surface area contributed by atoms with Gasteiger partial charge in [-0.2, -0.15) is 5.10 Å². The van der Waals surface area contributed by atoms with E-state index in [-0.39, 0.29) is 11.9 Å². The first-order valence-corrected chi connectivity index (χ1v) is 7.15. The summed E-state index contributed by atoms with van der Waals surface area (Å²) in [5.74, 6) is 0.135. The third-order valence-corrected chi connectivity index (χ3v) is 3.91. The normalized spacial score (nSPS) is 17.5. The molecular formula is C16H19N3O. The summed E-state index contributed by atoms with van der Waals surface area (Å²) in [6.45, 7) is 0. The molecule has 20 heavy (non-hydrogen) atoms. The van der Waals surface area contributed by atoms with Crippen LogP contribution in [0.1, 0.15) is 29.5 Å². The van der Waals surface area contributed by atoms with Crippen LogP contribution in [0.25, 0.3) is 0 Å². The van der Waals surface area contributed by atoms with Crippen LogP contribution in [0.5, 0.6) is 0 Å². The molecule has 4 nitrogen and oxygen atoms in total. The topological polar surface area (TPSA) is 57.8 Å². The number of carbonyl (C=O) groups is 1. The minimum Gasteiger partial charge on any atom is -0.353 e. The highest BCUT2D eigenvalue weighted by Crippen LogP contribution is 2.21. The van der Waals surface area contributed by atoms with Gasteiger partial charge in [-0.25, -0.2) is 0 Å². The van der Waals surface area contributed by atoms with Crippen molar-refractivity contribution in [2.75, 3.05) is 0 Å². The van der Waals surface area contributed by atoms with Gasteiger partial charge in [0.05, 0.1) is 6.20 Å². The summed E-state index contributed by atoms with van der Waals surface area (Å²) in [5, 5.41) is 9.80. The number of rotatable bonds is 4. The van der Waals surface area contributed by atoms with Gasteiger partial charge in [-0.1, -0.05) is 24.3 Å². The number of nitrogens with zero attached hydrogens (tertiary/aromatic N) is 1. The van der Waals surface area contributed by atoms with Gasteiger partial charge in [0.15, 0.2) is 0 Å². The maximum absolute atomic E-state index is 12.0. The van der Waals surface area contributed by atoms with E-state index >= 15 is 0 Å². The highest BCUT2D eigenvalue weighted by molar-refractivity contribution is 5.76. The van der Waals surface area contributed by atoms with E-state index in [0.29, 0.717) is 6.42 Å². The summed E-state index contributed by atoms with van der Waals surface area (Å²) in [6, 6.07) is 8.79. The number of aryl methyl sites for hydroxylation is 2. The number of hydrogen-bond donors (Lipinski definition) is 2. The Morgan fingerprint density at radius 3 is 3.00 bits per heavy atom. The lowest BCUT2D eigenvalue weighted by Gasteiger charge is -2.25. The molecule has 1 amide bonds. The fraction of sp³-hybridized carbons (Fsp3) is 0.375. The van der Waals surface area contributed by atoms with E-state index in [1.54, 1.807) is 6.20 Å². The molecule has 0 bridgehead atoms. The van der Waals surface area contributed by atoms with E-state index in [0.717, 1.165) is 31.2 Å². The molecule has 3 rings (SSSR count). The maximum atomic E-state index is 12.0. The van der Waals surface area contributed by atoms with Crippen LogP contribution in [0.4, 0.5) is 0 Å². The van der Waals surface area contributed by atoms with E-state index in [9.17, 15) is 4.79 Å². The third-order valence-electron chi connectivity index (χ3n) is 3.91. The van der Waals surface area contributed by atoms with Crippen molar-refractivity contribution in [3.8, 4) is 0 Å². The molecule has 0 radical (unpaired) electrons. The predicted molar refractivity (Wildman–Crippen MR) is 77.3 cm³/mol. The van der Waals surface area contributed by atoms with Crippen molar-refractivity contribution < 1.29 is 4.79 Å². The van der Waals surface area contributed by atoms with Crippen molar-refractivity contribution in [1.82, 2.24) is 15.5 Å². The molecule has 1 unspecified atom stereocenters. The van der Waals surface area contributed by atoms with E-state index in [4.69, 9.17) is 0 Å². The lowest BCUT2D eigenvalue weighted by molar-refractivity contribution is -0.121. The van der Waals surface area contributed by atoms with Gasteiger partial charge in [-0.15, -0.1) is 0 Å². The number of aromatic amines is 1. The second-order valence-electron chi connectivity index (χ2n) is 5.38. The monoisotopic (exact) mass is 269 g/mol. The van der Waals surface area contributed by atoms with E-state index < -0.39 is 0 Å². The number of fused-ring (bicyclic) bond motifs is 1. The maximum Gasteiger partial charge on any atom is 0.220 e. The quantitative estimate of drug-likeness (QED) is 0.892. The van der Waals surface area contributed by atoms with Crippen molar-refractivity contribution in [3.63, 3.8) is 0 Å². The highest BCUT2D eigenvalue weighted by atomic mass is 16.1. The summed E-state index contributed by atoms with van der Waals surface area (Å²) in [6.07, 6.45) is 7.92. The van der Waals surface area contributed by atoms with E-state index in [1.165, 1.54) is 11.1 Å². The largest absolute Gasteiger partial charge is 0.353 e. The molecule has 104 valence electrons. The summed E-state index contributed by atoms with van der Waals surface area (Å²) < 4.78 is 0. The molecule has 0 saturated carbocycles. The summed E-state index contributed by atoms with van der Waals surface area (Å²) in [4.78, 5) is 12.0. The van der Waals surface area contributed by atoms with Crippen LogP contribution in [0.15, 0.2) is 36.7 Å². The van der Waals surface area contributed by atoms with Crippen molar-refractivity contribution in [1.29, 1.82) is 0 Å². The van der Waals surface area contributed by atoms with E-state index in [2.05, 4.69) is 39.8 Å². The Morgan fingerprint density at radius 1 is 1.35 bits per heavy atom. The van der Waals surface area contributed by atoms with Gasteiger partial charge in [0.2, 0.25) is 5.91 Å². The first-order chi connectivity index (χ1) is 9.81. The van der Waals surface area contributed by atoms with Crippen LogP contribution in [-0.2, 0) is 24.1 Å². The molecule has 0 aliphatic heterocycles. The lowest BCUT2D eigenvalue weighted by Crippen LogP contribution is -2.38. The Hall–Kier alpha value is -2.10. The Morgan fingerprint density at radius 2 is 2.20 bits per heavy atom. The molecule has 0 saturated heterocycles. The number of amides is 1. The standard InChI is InChI=1S/C16H19N3O/c20-16(8-5-12-10-17-18-11-12)19-15-7-6-13-3-1-2-4-14(13)9-15/h1-4,10-11,15H,5-9H2,(H,17,18)(H,19,20). The van der Waals surface area contributed by atoms with Crippen LogP contribution in [0.2, 0.25) is 0 Å². The smallest absolute Gasteiger partial charge is 0.220 e.